The van der Waals surface area contributed by atoms with Crippen LogP contribution in [0.2, 0.25) is 0 Å². The molecule has 0 spiro atoms. The lowest BCUT2D eigenvalue weighted by Crippen LogP contribution is -2.60. The van der Waals surface area contributed by atoms with E-state index in [0.717, 1.165) is 19.6 Å². The fraction of sp³-hybridized carbons (Fsp3) is 0.929. The maximum absolute atomic E-state index is 12.4. The average molecular weight is 326 g/mol. The second kappa shape index (κ2) is 7.83. The van der Waals surface area contributed by atoms with Crippen LogP contribution in [-0.2, 0) is 4.79 Å². The largest absolute Gasteiger partial charge is 0.338 e. The summed E-state index contributed by atoms with van der Waals surface area (Å²) in [5, 5.41) is 0. The van der Waals surface area contributed by atoms with Gasteiger partial charge in [-0.05, 0) is 24.8 Å². The molecule has 2 saturated heterocycles. The fourth-order valence-electron chi connectivity index (χ4n) is 2.92. The number of carbonyl (C=O) groups excluding carboxylic acids is 1. The molecule has 0 aliphatic carbocycles. The maximum Gasteiger partial charge on any atom is 0.240 e. The zero-order valence-electron chi connectivity index (χ0n) is 12.8. The number of piperidine rings is 1. The van der Waals surface area contributed by atoms with Crippen LogP contribution >= 0.6 is 24.8 Å². The zero-order valence-corrected chi connectivity index (χ0v) is 14.4. The third kappa shape index (κ3) is 4.48. The summed E-state index contributed by atoms with van der Waals surface area (Å²) in [5.74, 6) is 0.132. The normalized spacial score (nSPS) is 25.0. The van der Waals surface area contributed by atoms with Crippen molar-refractivity contribution in [3.8, 4) is 0 Å². The Bertz CT molecular complexity index is 320. The van der Waals surface area contributed by atoms with Gasteiger partial charge in [-0.25, -0.2) is 0 Å². The van der Waals surface area contributed by atoms with Crippen molar-refractivity contribution in [2.24, 2.45) is 11.1 Å². The van der Waals surface area contributed by atoms with Gasteiger partial charge in [-0.1, -0.05) is 27.2 Å². The number of fused-ring (bicyclic) bond motifs is 1. The van der Waals surface area contributed by atoms with Crippen molar-refractivity contribution in [3.05, 3.63) is 0 Å². The van der Waals surface area contributed by atoms with Gasteiger partial charge < -0.3 is 10.6 Å². The summed E-state index contributed by atoms with van der Waals surface area (Å²) in [5.41, 5.74) is 5.94. The van der Waals surface area contributed by atoms with Crippen molar-refractivity contribution in [1.29, 1.82) is 0 Å². The lowest BCUT2D eigenvalue weighted by molar-refractivity contribution is -0.138. The standard InChI is InChI=1S/C14H27N3O.2ClH/c1-14(2,3)12(15)13(18)17-9-8-16-7-5-4-6-11(16)10-17;;/h11-12H,4-10,15H2,1-3H3;2*1H/t11?,12-;;/m1../s1. The summed E-state index contributed by atoms with van der Waals surface area (Å²) in [7, 11) is 0. The van der Waals surface area contributed by atoms with Crippen LogP contribution in [-0.4, -0.2) is 54.0 Å². The number of nitrogens with zero attached hydrogens (tertiary/aromatic N) is 2. The number of piperazine rings is 1. The van der Waals surface area contributed by atoms with Gasteiger partial charge in [0.2, 0.25) is 5.91 Å². The van der Waals surface area contributed by atoms with Crippen molar-refractivity contribution in [2.75, 3.05) is 26.2 Å². The predicted molar refractivity (Wildman–Crippen MR) is 87.7 cm³/mol. The first-order valence-corrected chi connectivity index (χ1v) is 7.18. The number of amides is 1. The summed E-state index contributed by atoms with van der Waals surface area (Å²) in [6.07, 6.45) is 3.84. The molecule has 2 N–H and O–H groups in total. The van der Waals surface area contributed by atoms with Crippen LogP contribution in [0.5, 0.6) is 0 Å². The van der Waals surface area contributed by atoms with Gasteiger partial charge in [0.05, 0.1) is 6.04 Å². The van der Waals surface area contributed by atoms with E-state index in [9.17, 15) is 4.79 Å². The minimum atomic E-state index is -0.382. The van der Waals surface area contributed by atoms with Crippen molar-refractivity contribution < 1.29 is 4.79 Å². The summed E-state index contributed by atoms with van der Waals surface area (Å²) in [6, 6.07) is 0.191. The first kappa shape index (κ1) is 20.0. The molecule has 6 heteroatoms. The van der Waals surface area contributed by atoms with E-state index in [1.165, 1.54) is 25.8 Å². The molecule has 2 fully saturated rings. The smallest absolute Gasteiger partial charge is 0.240 e. The molecule has 120 valence electrons. The molecule has 0 saturated carbocycles. The molecule has 20 heavy (non-hydrogen) atoms. The number of rotatable bonds is 1. The number of carbonyl (C=O) groups is 1. The Kier molecular flexibility index (Phi) is 7.82. The van der Waals surface area contributed by atoms with Gasteiger partial charge in [-0.15, -0.1) is 24.8 Å². The molecular formula is C14H29Cl2N3O. The van der Waals surface area contributed by atoms with Crippen molar-refractivity contribution in [3.63, 3.8) is 0 Å². The first-order chi connectivity index (χ1) is 8.39. The molecule has 0 aromatic carbocycles. The van der Waals surface area contributed by atoms with Crippen LogP contribution in [0.3, 0.4) is 0 Å². The highest BCUT2D eigenvalue weighted by molar-refractivity contribution is 5.85. The quantitative estimate of drug-likeness (QED) is 0.801. The van der Waals surface area contributed by atoms with Crippen LogP contribution in [0.1, 0.15) is 40.0 Å². The SMILES string of the molecule is CC(C)(C)[C@H](N)C(=O)N1CCN2CCCCC2C1.Cl.Cl. The minimum absolute atomic E-state index is 0. The average Bonchev–Trinajstić information content (AvgIpc) is 2.35. The van der Waals surface area contributed by atoms with Crippen LogP contribution in [0, 0.1) is 5.41 Å². The minimum Gasteiger partial charge on any atom is -0.338 e. The summed E-state index contributed by atoms with van der Waals surface area (Å²) in [4.78, 5) is 16.9. The molecule has 2 heterocycles. The van der Waals surface area contributed by atoms with Crippen LogP contribution in [0.4, 0.5) is 0 Å². The van der Waals surface area contributed by atoms with E-state index in [2.05, 4.69) is 4.90 Å². The topological polar surface area (TPSA) is 49.6 Å². The molecule has 2 rings (SSSR count). The van der Waals surface area contributed by atoms with Crippen molar-refractivity contribution in [1.82, 2.24) is 9.80 Å². The Hall–Kier alpha value is -0.0300. The highest BCUT2D eigenvalue weighted by atomic mass is 35.5. The van der Waals surface area contributed by atoms with Gasteiger partial charge in [0.25, 0.3) is 0 Å². The second-order valence-corrected chi connectivity index (χ2v) is 6.81. The summed E-state index contributed by atoms with van der Waals surface area (Å²) >= 11 is 0. The van der Waals surface area contributed by atoms with E-state index in [0.29, 0.717) is 6.04 Å². The highest BCUT2D eigenvalue weighted by Crippen LogP contribution is 2.24. The van der Waals surface area contributed by atoms with Gasteiger partial charge in [-0.3, -0.25) is 9.69 Å². The molecule has 1 amide bonds. The van der Waals surface area contributed by atoms with E-state index < -0.39 is 0 Å². The number of nitrogens with two attached hydrogens (primary N) is 1. The van der Waals surface area contributed by atoms with Gasteiger partial charge in [0, 0.05) is 25.7 Å². The molecule has 0 aromatic heterocycles. The Labute approximate surface area is 135 Å². The number of hydrogen-bond donors (Lipinski definition) is 1. The van der Waals surface area contributed by atoms with E-state index in [1.54, 1.807) is 0 Å². The van der Waals surface area contributed by atoms with Crippen molar-refractivity contribution >= 4 is 30.7 Å². The lowest BCUT2D eigenvalue weighted by atomic mass is 9.86. The molecule has 2 atom stereocenters. The Balaban J connectivity index is 0.00000180. The third-order valence-corrected chi connectivity index (χ3v) is 4.35. The predicted octanol–water partition coefficient (Wildman–Crippen LogP) is 1.90. The molecule has 0 bridgehead atoms. The zero-order chi connectivity index (χ0) is 13.3. The van der Waals surface area contributed by atoms with Gasteiger partial charge in [0.1, 0.15) is 0 Å². The molecule has 1 unspecified atom stereocenters. The Morgan fingerprint density at radius 1 is 1.15 bits per heavy atom. The fourth-order valence-corrected chi connectivity index (χ4v) is 2.92. The number of hydrogen-bond acceptors (Lipinski definition) is 3. The van der Waals surface area contributed by atoms with Gasteiger partial charge in [0.15, 0.2) is 0 Å². The third-order valence-electron chi connectivity index (χ3n) is 4.35. The van der Waals surface area contributed by atoms with Crippen LogP contribution in [0.15, 0.2) is 0 Å². The summed E-state index contributed by atoms with van der Waals surface area (Å²) in [6.45, 7) is 10.1. The monoisotopic (exact) mass is 325 g/mol. The molecule has 0 aromatic rings. The first-order valence-electron chi connectivity index (χ1n) is 7.18. The van der Waals surface area contributed by atoms with Crippen LogP contribution < -0.4 is 5.73 Å². The highest BCUT2D eigenvalue weighted by Gasteiger charge is 2.36. The summed E-state index contributed by atoms with van der Waals surface area (Å²) < 4.78 is 0. The van der Waals surface area contributed by atoms with Crippen molar-refractivity contribution in [2.45, 2.75) is 52.1 Å². The molecular weight excluding hydrogens is 297 g/mol. The molecule has 4 nitrogen and oxygen atoms in total. The van der Waals surface area contributed by atoms with Gasteiger partial charge in [-0.2, -0.15) is 0 Å². The van der Waals surface area contributed by atoms with Gasteiger partial charge >= 0.3 is 0 Å². The van der Waals surface area contributed by atoms with Crippen LogP contribution in [0.25, 0.3) is 0 Å². The Morgan fingerprint density at radius 3 is 2.40 bits per heavy atom. The van der Waals surface area contributed by atoms with E-state index >= 15 is 0 Å². The van der Waals surface area contributed by atoms with E-state index in [4.69, 9.17) is 5.73 Å². The number of halogens is 2. The molecule has 0 radical (unpaired) electrons. The van der Waals surface area contributed by atoms with E-state index in [-0.39, 0.29) is 42.2 Å². The maximum atomic E-state index is 12.4. The lowest BCUT2D eigenvalue weighted by Gasteiger charge is -2.45. The second-order valence-electron chi connectivity index (χ2n) is 6.81. The van der Waals surface area contributed by atoms with E-state index in [1.807, 2.05) is 25.7 Å². The Morgan fingerprint density at radius 2 is 1.80 bits per heavy atom. The molecule has 2 aliphatic heterocycles. The molecule has 2 aliphatic rings.